The zero-order valence-electron chi connectivity index (χ0n) is 19.9. The van der Waals surface area contributed by atoms with E-state index in [1.807, 2.05) is 6.07 Å². The van der Waals surface area contributed by atoms with E-state index in [9.17, 15) is 4.79 Å². The Morgan fingerprint density at radius 1 is 1.13 bits per heavy atom. The van der Waals surface area contributed by atoms with Crippen LogP contribution in [0.25, 0.3) is 0 Å². The molecule has 0 radical (unpaired) electrons. The number of rotatable bonds is 13. The Morgan fingerprint density at radius 3 is 2.45 bits per heavy atom. The molecular formula is C25H39BrO5. The van der Waals surface area contributed by atoms with Gasteiger partial charge in [0.1, 0.15) is 6.10 Å². The lowest BCUT2D eigenvalue weighted by Gasteiger charge is -2.26. The molecule has 1 aromatic rings. The molecule has 1 fully saturated rings. The molecule has 1 aliphatic rings. The van der Waals surface area contributed by atoms with Crippen LogP contribution in [0.3, 0.4) is 0 Å². The van der Waals surface area contributed by atoms with E-state index < -0.39 is 0 Å². The van der Waals surface area contributed by atoms with Gasteiger partial charge in [0.15, 0.2) is 11.5 Å². The van der Waals surface area contributed by atoms with Gasteiger partial charge in [0.25, 0.3) is 0 Å². The van der Waals surface area contributed by atoms with Crippen molar-refractivity contribution >= 4 is 21.9 Å². The van der Waals surface area contributed by atoms with Gasteiger partial charge in [-0.2, -0.15) is 0 Å². The smallest absolute Gasteiger partial charge is 0.309 e. The molecule has 0 spiro atoms. The average molecular weight is 499 g/mol. The maximum atomic E-state index is 12.2. The molecule has 4 atom stereocenters. The van der Waals surface area contributed by atoms with Gasteiger partial charge in [-0.3, -0.25) is 4.79 Å². The van der Waals surface area contributed by atoms with E-state index in [4.69, 9.17) is 18.9 Å². The fourth-order valence-electron chi connectivity index (χ4n) is 4.08. The fraction of sp³-hybridized carbons (Fsp3) is 0.720. The Bertz CT molecular complexity index is 690. The van der Waals surface area contributed by atoms with E-state index in [1.54, 1.807) is 14.2 Å². The first-order chi connectivity index (χ1) is 14.8. The van der Waals surface area contributed by atoms with Crippen molar-refractivity contribution in [1.82, 2.24) is 0 Å². The lowest BCUT2D eigenvalue weighted by Crippen LogP contribution is -2.26. The second-order valence-corrected chi connectivity index (χ2v) is 10.4. The van der Waals surface area contributed by atoms with Gasteiger partial charge in [-0.05, 0) is 54.7 Å². The number of benzene rings is 1. The molecule has 0 saturated carbocycles. The third-order valence-corrected chi connectivity index (χ3v) is 7.18. The lowest BCUT2D eigenvalue weighted by atomic mass is 9.83. The monoisotopic (exact) mass is 498 g/mol. The summed E-state index contributed by atoms with van der Waals surface area (Å²) in [5.41, 5.74) is 1.23. The van der Waals surface area contributed by atoms with Crippen LogP contribution in [0.4, 0.5) is 0 Å². The molecule has 1 heterocycles. The largest absolute Gasteiger partial charge is 0.493 e. The van der Waals surface area contributed by atoms with Crippen LogP contribution in [0.2, 0.25) is 0 Å². The van der Waals surface area contributed by atoms with Crippen molar-refractivity contribution in [1.29, 1.82) is 0 Å². The summed E-state index contributed by atoms with van der Waals surface area (Å²) < 4.78 is 22.2. The van der Waals surface area contributed by atoms with E-state index in [-0.39, 0.29) is 22.8 Å². The number of halogens is 1. The molecular weight excluding hydrogens is 460 g/mol. The summed E-state index contributed by atoms with van der Waals surface area (Å²) in [7, 11) is 3.36. The highest BCUT2D eigenvalue weighted by Gasteiger charge is 2.40. The molecule has 0 bridgehead atoms. The van der Waals surface area contributed by atoms with Crippen LogP contribution in [-0.4, -0.2) is 44.3 Å². The Labute approximate surface area is 196 Å². The number of cyclic esters (lactones) is 1. The van der Waals surface area contributed by atoms with Crippen molar-refractivity contribution in [3.63, 3.8) is 0 Å². The minimum Gasteiger partial charge on any atom is -0.493 e. The first kappa shape index (κ1) is 26.0. The highest BCUT2D eigenvalue weighted by Crippen LogP contribution is 2.36. The summed E-state index contributed by atoms with van der Waals surface area (Å²) in [6.07, 6.45) is 3.49. The van der Waals surface area contributed by atoms with Gasteiger partial charge in [0, 0.05) is 20.1 Å². The Morgan fingerprint density at radius 2 is 1.87 bits per heavy atom. The van der Waals surface area contributed by atoms with Crippen molar-refractivity contribution in [2.75, 3.05) is 27.4 Å². The summed E-state index contributed by atoms with van der Waals surface area (Å²) in [5.74, 6) is 2.77. The maximum absolute atomic E-state index is 12.2. The SMILES string of the molecule is COCCCOc1cc(C[C@@H](CC(Br)[C@@H]2C[C@@H](C(C)C)C(=O)O2)C(C)C)ccc1OC. The van der Waals surface area contributed by atoms with E-state index >= 15 is 0 Å². The van der Waals surface area contributed by atoms with Crippen LogP contribution in [-0.2, 0) is 20.7 Å². The zero-order valence-corrected chi connectivity index (χ0v) is 21.4. The summed E-state index contributed by atoms with van der Waals surface area (Å²) in [5, 5.41) is 0. The van der Waals surface area contributed by atoms with Crippen LogP contribution in [0.1, 0.15) is 52.5 Å². The predicted octanol–water partition coefficient (Wildman–Crippen LogP) is 5.67. The van der Waals surface area contributed by atoms with Gasteiger partial charge >= 0.3 is 5.97 Å². The number of methoxy groups -OCH3 is 2. The molecule has 1 aromatic carbocycles. The Kier molecular flexibility index (Phi) is 10.6. The molecule has 0 amide bonds. The number of hydrogen-bond donors (Lipinski definition) is 0. The van der Waals surface area contributed by atoms with Crippen LogP contribution < -0.4 is 9.47 Å². The van der Waals surface area contributed by atoms with Crippen LogP contribution in [0.15, 0.2) is 18.2 Å². The van der Waals surface area contributed by atoms with Crippen LogP contribution in [0.5, 0.6) is 11.5 Å². The minimum atomic E-state index is -0.0454. The van der Waals surface area contributed by atoms with E-state index in [0.717, 1.165) is 37.2 Å². The molecule has 5 nitrogen and oxygen atoms in total. The van der Waals surface area contributed by atoms with Gasteiger partial charge in [0.2, 0.25) is 0 Å². The standard InChI is InChI=1S/C25H39BrO5/c1-16(2)19(14-21(26)23-15-20(17(3)4)25(27)31-23)12-18-8-9-22(29-6)24(13-18)30-11-7-10-28-5/h8-9,13,16-17,19-21,23H,7,10-12,14-15H2,1-6H3/t19-,20-,21?,23-/m0/s1. The van der Waals surface area contributed by atoms with Crippen molar-refractivity contribution in [2.45, 2.75) is 64.3 Å². The van der Waals surface area contributed by atoms with Gasteiger partial charge in [-0.15, -0.1) is 0 Å². The van der Waals surface area contributed by atoms with Gasteiger partial charge in [0.05, 0.1) is 24.5 Å². The van der Waals surface area contributed by atoms with Crippen molar-refractivity contribution in [3.05, 3.63) is 23.8 Å². The maximum Gasteiger partial charge on any atom is 0.309 e. The third kappa shape index (κ3) is 7.67. The molecule has 176 valence electrons. The molecule has 1 unspecified atom stereocenters. The number of alkyl halides is 1. The predicted molar refractivity (Wildman–Crippen MR) is 127 cm³/mol. The first-order valence-corrected chi connectivity index (χ1v) is 12.3. The molecule has 0 aliphatic carbocycles. The Hall–Kier alpha value is -1.27. The summed E-state index contributed by atoms with van der Waals surface area (Å²) >= 11 is 3.84. The van der Waals surface area contributed by atoms with Crippen molar-refractivity contribution in [3.8, 4) is 11.5 Å². The average Bonchev–Trinajstić information content (AvgIpc) is 3.13. The topological polar surface area (TPSA) is 54.0 Å². The van der Waals surface area contributed by atoms with E-state index in [1.165, 1.54) is 5.56 Å². The van der Waals surface area contributed by atoms with Gasteiger partial charge < -0.3 is 18.9 Å². The third-order valence-electron chi connectivity index (χ3n) is 6.21. The number of ether oxygens (including phenoxy) is 4. The molecule has 0 N–H and O–H groups in total. The van der Waals surface area contributed by atoms with Gasteiger partial charge in [-0.1, -0.05) is 49.7 Å². The highest BCUT2D eigenvalue weighted by molar-refractivity contribution is 9.09. The molecule has 0 aromatic heterocycles. The summed E-state index contributed by atoms with van der Waals surface area (Å²) in [4.78, 5) is 12.4. The molecule has 6 heteroatoms. The number of carbonyl (C=O) groups is 1. The van der Waals surface area contributed by atoms with Crippen molar-refractivity contribution < 1.29 is 23.7 Å². The lowest BCUT2D eigenvalue weighted by molar-refractivity contribution is -0.145. The first-order valence-electron chi connectivity index (χ1n) is 11.4. The van der Waals surface area contributed by atoms with E-state index in [0.29, 0.717) is 31.0 Å². The van der Waals surface area contributed by atoms with Crippen LogP contribution in [0, 0.1) is 23.7 Å². The quantitative estimate of drug-likeness (QED) is 0.199. The zero-order chi connectivity index (χ0) is 23.0. The molecule has 2 rings (SSSR count). The number of esters is 1. The van der Waals surface area contributed by atoms with Crippen molar-refractivity contribution in [2.24, 2.45) is 23.7 Å². The number of hydrogen-bond acceptors (Lipinski definition) is 5. The summed E-state index contributed by atoms with van der Waals surface area (Å²) in [6, 6.07) is 6.19. The minimum absolute atomic E-state index is 0.0157. The summed E-state index contributed by atoms with van der Waals surface area (Å²) in [6.45, 7) is 9.96. The Balaban J connectivity index is 2.03. The second-order valence-electron chi connectivity index (χ2n) is 9.20. The molecule has 31 heavy (non-hydrogen) atoms. The molecule has 1 saturated heterocycles. The number of carbonyl (C=O) groups excluding carboxylic acids is 1. The van der Waals surface area contributed by atoms with E-state index in [2.05, 4.69) is 55.8 Å². The van der Waals surface area contributed by atoms with Gasteiger partial charge in [-0.25, -0.2) is 0 Å². The molecule has 1 aliphatic heterocycles. The fourth-order valence-corrected chi connectivity index (χ4v) is 4.88. The van der Waals surface area contributed by atoms with Crippen LogP contribution >= 0.6 is 15.9 Å². The second kappa shape index (κ2) is 12.7. The normalized spacial score (nSPS) is 20.7. The highest BCUT2D eigenvalue weighted by atomic mass is 79.9.